The van der Waals surface area contributed by atoms with Crippen molar-refractivity contribution in [1.82, 2.24) is 24.7 Å². The zero-order chi connectivity index (χ0) is 24.4. The summed E-state index contributed by atoms with van der Waals surface area (Å²) in [6, 6.07) is 9.88. The molecule has 0 spiro atoms. The van der Waals surface area contributed by atoms with Gasteiger partial charge in [0.2, 0.25) is 0 Å². The topological polar surface area (TPSA) is 115 Å². The molecular formula is C26H28N6O3. The van der Waals surface area contributed by atoms with Gasteiger partial charge in [-0.25, -0.2) is 15.0 Å². The first-order chi connectivity index (χ1) is 17.0. The molecule has 0 amide bonds. The monoisotopic (exact) mass is 472 g/mol. The summed E-state index contributed by atoms with van der Waals surface area (Å²) >= 11 is 0. The van der Waals surface area contributed by atoms with Crippen molar-refractivity contribution in [1.29, 1.82) is 0 Å². The van der Waals surface area contributed by atoms with Crippen molar-refractivity contribution >= 4 is 22.7 Å². The Morgan fingerprint density at radius 3 is 2.86 bits per heavy atom. The van der Waals surface area contributed by atoms with Crippen LogP contribution in [0.2, 0.25) is 0 Å². The minimum atomic E-state index is -0.917. The van der Waals surface area contributed by atoms with Crippen molar-refractivity contribution in [3.63, 3.8) is 0 Å². The van der Waals surface area contributed by atoms with Crippen LogP contribution in [-0.4, -0.2) is 48.5 Å². The highest BCUT2D eigenvalue weighted by Crippen LogP contribution is 2.28. The predicted octanol–water partition coefficient (Wildman–Crippen LogP) is 3.96. The fourth-order valence-electron chi connectivity index (χ4n) is 4.40. The van der Waals surface area contributed by atoms with E-state index in [1.54, 1.807) is 30.2 Å². The van der Waals surface area contributed by atoms with Gasteiger partial charge < -0.3 is 15.2 Å². The number of rotatable bonds is 8. The van der Waals surface area contributed by atoms with E-state index < -0.39 is 12.0 Å². The maximum absolute atomic E-state index is 11.6. The third kappa shape index (κ3) is 5.08. The Morgan fingerprint density at radius 2 is 2.06 bits per heavy atom. The molecule has 0 fully saturated rings. The van der Waals surface area contributed by atoms with E-state index >= 15 is 0 Å². The third-order valence-corrected chi connectivity index (χ3v) is 6.31. The zero-order valence-electron chi connectivity index (χ0n) is 19.8. The molecular weight excluding hydrogens is 444 g/mol. The summed E-state index contributed by atoms with van der Waals surface area (Å²) in [4.78, 5) is 24.8. The molecule has 35 heavy (non-hydrogen) atoms. The second-order valence-corrected chi connectivity index (χ2v) is 8.98. The molecule has 0 saturated heterocycles. The number of carbonyl (C=O) groups is 1. The minimum Gasteiger partial charge on any atom is -0.493 e. The Labute approximate surface area is 203 Å². The second-order valence-electron chi connectivity index (χ2n) is 8.98. The lowest BCUT2D eigenvalue weighted by Crippen LogP contribution is -2.23. The van der Waals surface area contributed by atoms with Crippen molar-refractivity contribution in [3.8, 4) is 5.75 Å². The summed E-state index contributed by atoms with van der Waals surface area (Å²) in [5.41, 5.74) is 3.79. The van der Waals surface area contributed by atoms with Crippen LogP contribution in [0.15, 0.2) is 48.9 Å². The van der Waals surface area contributed by atoms with Crippen LogP contribution in [0.1, 0.15) is 48.5 Å². The van der Waals surface area contributed by atoms with Crippen LogP contribution >= 0.6 is 0 Å². The smallest absolute Gasteiger partial charge is 0.305 e. The van der Waals surface area contributed by atoms with Gasteiger partial charge in [0.25, 0.3) is 0 Å². The van der Waals surface area contributed by atoms with Gasteiger partial charge in [0.15, 0.2) is 0 Å². The average molecular weight is 473 g/mol. The molecule has 180 valence electrons. The number of aromatic nitrogens is 5. The number of nitrogens with zero attached hydrogens (tertiary/aromatic N) is 5. The van der Waals surface area contributed by atoms with Crippen LogP contribution in [0.4, 0.5) is 5.82 Å². The lowest BCUT2D eigenvalue weighted by Gasteiger charge is -2.23. The van der Waals surface area contributed by atoms with Gasteiger partial charge in [0.1, 0.15) is 17.4 Å². The number of benzene rings is 1. The zero-order valence-corrected chi connectivity index (χ0v) is 19.8. The lowest BCUT2D eigenvalue weighted by atomic mass is 10.0. The number of fused-ring (bicyclic) bond motifs is 2. The number of carboxylic acids is 1. The van der Waals surface area contributed by atoms with Crippen molar-refractivity contribution in [2.45, 2.75) is 51.6 Å². The first kappa shape index (κ1) is 22.8. The molecule has 1 aromatic carbocycles. The quantitative estimate of drug-likeness (QED) is 0.396. The molecule has 1 aliphatic heterocycles. The highest BCUT2D eigenvalue weighted by Gasteiger charge is 2.21. The number of nitrogens with one attached hydrogen (secondary N) is 1. The van der Waals surface area contributed by atoms with E-state index in [0.717, 1.165) is 41.0 Å². The molecule has 0 unspecified atom stereocenters. The van der Waals surface area contributed by atoms with Gasteiger partial charge in [-0.05, 0) is 56.5 Å². The number of aliphatic carboxylic acids is 1. The molecule has 2 atom stereocenters. The second kappa shape index (κ2) is 9.69. The summed E-state index contributed by atoms with van der Waals surface area (Å²) in [5, 5.41) is 18.3. The van der Waals surface area contributed by atoms with Gasteiger partial charge in [-0.3, -0.25) is 9.48 Å². The van der Waals surface area contributed by atoms with E-state index in [0.29, 0.717) is 30.5 Å². The van der Waals surface area contributed by atoms with Crippen LogP contribution in [0.25, 0.3) is 10.9 Å². The summed E-state index contributed by atoms with van der Waals surface area (Å²) in [7, 11) is 0. The largest absolute Gasteiger partial charge is 0.493 e. The summed E-state index contributed by atoms with van der Waals surface area (Å²) in [6.07, 6.45) is 7.82. The molecule has 0 aliphatic carbocycles. The highest BCUT2D eigenvalue weighted by atomic mass is 16.5. The Balaban J connectivity index is 1.29. The number of hydrogen-bond acceptors (Lipinski definition) is 7. The molecule has 4 heterocycles. The minimum absolute atomic E-state index is 0.122. The van der Waals surface area contributed by atoms with Crippen LogP contribution in [0.3, 0.4) is 0 Å². The molecule has 3 aromatic heterocycles. The first-order valence-corrected chi connectivity index (χ1v) is 11.8. The SMILES string of the molecule is Cc1ncc([C@@H](CC(=O)O)n2ncc3cc(OCCc4ccc5c(n4)N[C@H](C)CC5)ccc32)cn1. The van der Waals surface area contributed by atoms with Crippen molar-refractivity contribution in [3.05, 3.63) is 71.6 Å². The molecule has 4 aromatic rings. The van der Waals surface area contributed by atoms with Gasteiger partial charge in [-0.1, -0.05) is 6.07 Å². The van der Waals surface area contributed by atoms with Crippen molar-refractivity contribution in [2.75, 3.05) is 11.9 Å². The van der Waals surface area contributed by atoms with Gasteiger partial charge in [0, 0.05) is 41.5 Å². The summed E-state index contributed by atoms with van der Waals surface area (Å²) in [6.45, 7) is 4.47. The maximum Gasteiger partial charge on any atom is 0.305 e. The van der Waals surface area contributed by atoms with Crippen molar-refractivity contribution in [2.24, 2.45) is 0 Å². The van der Waals surface area contributed by atoms with E-state index in [1.165, 1.54) is 5.56 Å². The molecule has 2 N–H and O–H groups in total. The highest BCUT2D eigenvalue weighted by molar-refractivity contribution is 5.81. The van der Waals surface area contributed by atoms with E-state index in [-0.39, 0.29) is 6.42 Å². The van der Waals surface area contributed by atoms with Crippen LogP contribution in [0.5, 0.6) is 5.75 Å². The number of pyridine rings is 1. The van der Waals surface area contributed by atoms with Crippen LogP contribution in [0, 0.1) is 6.92 Å². The predicted molar refractivity (Wildman–Crippen MR) is 132 cm³/mol. The third-order valence-electron chi connectivity index (χ3n) is 6.31. The fraction of sp³-hybridized carbons (Fsp3) is 0.346. The molecule has 0 bridgehead atoms. The molecule has 0 saturated carbocycles. The number of carboxylic acid groups (broad SMARTS) is 1. The van der Waals surface area contributed by atoms with Gasteiger partial charge in [-0.15, -0.1) is 0 Å². The Hall–Kier alpha value is -4.01. The molecule has 9 heteroatoms. The summed E-state index contributed by atoms with van der Waals surface area (Å²) in [5.74, 6) is 1.44. The van der Waals surface area contributed by atoms with Gasteiger partial charge in [-0.2, -0.15) is 5.10 Å². The van der Waals surface area contributed by atoms with Crippen LogP contribution < -0.4 is 10.1 Å². The normalized spacial score (nSPS) is 15.9. The van der Waals surface area contributed by atoms with Crippen molar-refractivity contribution < 1.29 is 14.6 Å². The molecule has 5 rings (SSSR count). The van der Waals surface area contributed by atoms with E-state index in [4.69, 9.17) is 9.72 Å². The lowest BCUT2D eigenvalue weighted by molar-refractivity contribution is -0.137. The first-order valence-electron chi connectivity index (χ1n) is 11.8. The van der Waals surface area contributed by atoms with E-state index in [9.17, 15) is 9.90 Å². The van der Waals surface area contributed by atoms with E-state index in [2.05, 4.69) is 39.4 Å². The number of aryl methyl sites for hydroxylation is 2. The Kier molecular flexibility index (Phi) is 6.31. The fourth-order valence-corrected chi connectivity index (χ4v) is 4.40. The number of anilines is 1. The number of ether oxygens (including phenoxy) is 1. The number of hydrogen-bond donors (Lipinski definition) is 2. The van der Waals surface area contributed by atoms with E-state index in [1.807, 2.05) is 18.2 Å². The molecule has 1 aliphatic rings. The van der Waals surface area contributed by atoms with Crippen LogP contribution in [-0.2, 0) is 17.6 Å². The summed E-state index contributed by atoms with van der Waals surface area (Å²) < 4.78 is 7.72. The Morgan fingerprint density at radius 1 is 1.23 bits per heavy atom. The standard InChI is InChI=1S/C26H28N6O3/c1-16-3-4-18-5-6-21(31-26(18)30-16)9-10-35-22-7-8-23-19(11-22)15-29-32(23)24(12-25(33)34)20-13-27-17(2)28-14-20/h5-8,11,13-16,24H,3-4,9-10,12H2,1-2H3,(H,30,31)(H,33,34)/t16-,24-/m1/s1. The maximum atomic E-state index is 11.6. The molecule has 9 nitrogen and oxygen atoms in total. The Bertz CT molecular complexity index is 1350. The van der Waals surface area contributed by atoms with Gasteiger partial charge in [0.05, 0.1) is 30.8 Å². The van der Waals surface area contributed by atoms with Gasteiger partial charge >= 0.3 is 5.97 Å². The average Bonchev–Trinajstić information content (AvgIpc) is 3.26. The molecule has 0 radical (unpaired) electrons.